The number of ether oxygens (including phenoxy) is 1. The van der Waals surface area contributed by atoms with Crippen molar-refractivity contribution < 1.29 is 23.9 Å². The van der Waals surface area contributed by atoms with E-state index in [1.807, 2.05) is 25.3 Å². The number of rotatable bonds is 7. The van der Waals surface area contributed by atoms with E-state index in [9.17, 15) is 19.2 Å². The fourth-order valence-corrected chi connectivity index (χ4v) is 1.97. The molecule has 0 aliphatic rings. The summed E-state index contributed by atoms with van der Waals surface area (Å²) in [4.78, 5) is 45.0. The summed E-state index contributed by atoms with van der Waals surface area (Å²) in [5, 5.41) is 10.0. The van der Waals surface area contributed by atoms with E-state index in [-0.39, 0.29) is 17.7 Å². The zero-order valence-corrected chi connectivity index (χ0v) is 20.9. The van der Waals surface area contributed by atoms with Crippen LogP contribution in [0.4, 0.5) is 4.79 Å². The summed E-state index contributed by atoms with van der Waals surface area (Å²) in [6.45, 7) is 7.28. The van der Waals surface area contributed by atoms with E-state index in [1.165, 1.54) is 6.92 Å². The zero-order valence-electron chi connectivity index (χ0n) is 20.1. The van der Waals surface area contributed by atoms with Gasteiger partial charge >= 0.3 is 6.09 Å². The molecule has 0 aromatic rings. The first-order valence-electron chi connectivity index (χ1n) is 9.47. The molecule has 1 unspecified atom stereocenters. The standard InChI is InChI=1S/C11H22N2O3S.C5H12N2O.C3H7NO/c1-11(2,3)16-10(15)13-8(6-7-17-5)9(14)12-4;1-6-5(8)4-7(2)3;1-3(5)4-2/h8H,6-7H2,1-5H3,(H,12,14)(H,13,15);4H2,1-3H3,(H,6,8);1-2H3,(H,4,5). The number of alkyl carbamates (subject to hydrolysis) is 1. The Kier molecular flexibility index (Phi) is 20.7. The van der Waals surface area contributed by atoms with Gasteiger partial charge in [-0.1, -0.05) is 0 Å². The minimum Gasteiger partial charge on any atom is -0.444 e. The third-order valence-corrected chi connectivity index (χ3v) is 3.60. The molecular weight excluding hydrogens is 410 g/mol. The van der Waals surface area contributed by atoms with Crippen LogP contribution in [-0.4, -0.2) is 94.1 Å². The second kappa shape index (κ2) is 19.0. The molecule has 0 radical (unpaired) electrons. The maximum Gasteiger partial charge on any atom is 0.408 e. The van der Waals surface area contributed by atoms with Crippen molar-refractivity contribution >= 4 is 35.6 Å². The molecule has 0 rings (SSSR count). The predicted octanol–water partition coefficient (Wildman–Crippen LogP) is 0.425. The van der Waals surface area contributed by atoms with Gasteiger partial charge < -0.3 is 30.9 Å². The van der Waals surface area contributed by atoms with Crippen LogP contribution < -0.4 is 21.3 Å². The van der Waals surface area contributed by atoms with Gasteiger partial charge in [-0.15, -0.1) is 0 Å². The molecule has 4 amide bonds. The van der Waals surface area contributed by atoms with Gasteiger partial charge in [0.25, 0.3) is 0 Å². The van der Waals surface area contributed by atoms with Crippen molar-refractivity contribution in [1.82, 2.24) is 26.2 Å². The van der Waals surface area contributed by atoms with Crippen LogP contribution in [0.15, 0.2) is 0 Å². The normalized spacial score (nSPS) is 10.9. The van der Waals surface area contributed by atoms with Crippen molar-refractivity contribution in [3.05, 3.63) is 0 Å². The Balaban J connectivity index is -0.000000461. The molecule has 0 saturated carbocycles. The van der Waals surface area contributed by atoms with Gasteiger partial charge in [-0.3, -0.25) is 14.4 Å². The Morgan fingerprint density at radius 3 is 1.77 bits per heavy atom. The predicted molar refractivity (Wildman–Crippen MR) is 123 cm³/mol. The largest absolute Gasteiger partial charge is 0.444 e. The van der Waals surface area contributed by atoms with Crippen molar-refractivity contribution in [3.8, 4) is 0 Å². The van der Waals surface area contributed by atoms with Crippen molar-refractivity contribution in [2.45, 2.75) is 45.8 Å². The number of thioether (sulfide) groups is 1. The van der Waals surface area contributed by atoms with Crippen LogP contribution in [0, 0.1) is 0 Å². The van der Waals surface area contributed by atoms with Crippen molar-refractivity contribution in [1.29, 1.82) is 0 Å². The summed E-state index contributed by atoms with van der Waals surface area (Å²) in [5.41, 5.74) is -0.559. The molecule has 0 heterocycles. The lowest BCUT2D eigenvalue weighted by atomic mass is 10.2. The lowest BCUT2D eigenvalue weighted by Crippen LogP contribution is -2.47. The van der Waals surface area contributed by atoms with Crippen LogP contribution in [0.1, 0.15) is 34.1 Å². The highest BCUT2D eigenvalue weighted by Crippen LogP contribution is 2.08. The molecule has 10 nitrogen and oxygen atoms in total. The highest BCUT2D eigenvalue weighted by Gasteiger charge is 2.23. The fraction of sp³-hybridized carbons (Fsp3) is 0.789. The van der Waals surface area contributed by atoms with Gasteiger partial charge in [0, 0.05) is 28.1 Å². The molecule has 0 spiro atoms. The Bertz CT molecular complexity index is 510. The van der Waals surface area contributed by atoms with Crippen LogP contribution in [-0.2, 0) is 19.1 Å². The average Bonchev–Trinajstić information content (AvgIpc) is 2.63. The van der Waals surface area contributed by atoms with Crippen LogP contribution in [0.3, 0.4) is 0 Å². The molecule has 0 aromatic carbocycles. The third-order valence-electron chi connectivity index (χ3n) is 2.96. The minimum atomic E-state index is -0.563. The molecule has 11 heteroatoms. The molecule has 4 N–H and O–H groups in total. The summed E-state index contributed by atoms with van der Waals surface area (Å²) < 4.78 is 5.11. The zero-order chi connectivity index (χ0) is 24.3. The molecule has 0 saturated heterocycles. The number of hydrogen-bond acceptors (Lipinski definition) is 7. The summed E-state index contributed by atoms with van der Waals surface area (Å²) >= 11 is 1.63. The Morgan fingerprint density at radius 1 is 1.00 bits per heavy atom. The second-order valence-electron chi connectivity index (χ2n) is 7.31. The quantitative estimate of drug-likeness (QED) is 0.442. The van der Waals surface area contributed by atoms with Crippen molar-refractivity contribution in [3.63, 3.8) is 0 Å². The first kappa shape index (κ1) is 32.6. The number of hydrogen-bond donors (Lipinski definition) is 4. The highest BCUT2D eigenvalue weighted by molar-refractivity contribution is 7.98. The van der Waals surface area contributed by atoms with E-state index in [1.54, 1.807) is 53.7 Å². The van der Waals surface area contributed by atoms with Crippen LogP contribution >= 0.6 is 11.8 Å². The maximum atomic E-state index is 11.5. The van der Waals surface area contributed by atoms with Crippen molar-refractivity contribution in [2.75, 3.05) is 53.8 Å². The Hall–Kier alpha value is -2.01. The lowest BCUT2D eigenvalue weighted by molar-refractivity contribution is -0.123. The van der Waals surface area contributed by atoms with Gasteiger partial charge in [0.1, 0.15) is 11.6 Å². The van der Waals surface area contributed by atoms with E-state index >= 15 is 0 Å². The molecule has 30 heavy (non-hydrogen) atoms. The Morgan fingerprint density at radius 2 is 1.50 bits per heavy atom. The fourth-order valence-electron chi connectivity index (χ4n) is 1.49. The molecule has 0 aliphatic heterocycles. The molecule has 0 aliphatic carbocycles. The molecular formula is C19H41N5O5S. The molecule has 1 atom stereocenters. The molecule has 0 fully saturated rings. The maximum absolute atomic E-state index is 11.5. The summed E-state index contributed by atoms with van der Waals surface area (Å²) in [5.74, 6) is 0.651. The molecule has 0 aromatic heterocycles. The summed E-state index contributed by atoms with van der Waals surface area (Å²) in [6.07, 6.45) is 1.97. The third kappa shape index (κ3) is 26.0. The topological polar surface area (TPSA) is 129 Å². The number of carbonyl (C=O) groups excluding carboxylic acids is 4. The van der Waals surface area contributed by atoms with Gasteiger partial charge in [-0.2, -0.15) is 11.8 Å². The van der Waals surface area contributed by atoms with E-state index in [4.69, 9.17) is 4.74 Å². The second-order valence-corrected chi connectivity index (χ2v) is 8.30. The Labute approximate surface area is 185 Å². The van der Waals surface area contributed by atoms with Gasteiger partial charge in [0.2, 0.25) is 17.7 Å². The van der Waals surface area contributed by atoms with Crippen LogP contribution in [0.2, 0.25) is 0 Å². The van der Waals surface area contributed by atoms with E-state index in [0.717, 1.165) is 5.75 Å². The number of likely N-dealkylation sites (N-methyl/N-ethyl adjacent to an activating group) is 3. The van der Waals surface area contributed by atoms with Gasteiger partial charge in [-0.25, -0.2) is 4.79 Å². The number of nitrogens with one attached hydrogen (secondary N) is 4. The SMILES string of the molecule is CNC(=O)C(CCSC)NC(=O)OC(C)(C)C.CNC(=O)CN(C)C.CNC(C)=O. The highest BCUT2D eigenvalue weighted by atomic mass is 32.2. The molecule has 0 bridgehead atoms. The minimum absolute atomic E-state index is 0.00463. The number of nitrogens with zero attached hydrogens (tertiary/aromatic N) is 1. The average molecular weight is 452 g/mol. The summed E-state index contributed by atoms with van der Waals surface area (Å²) in [6, 6.07) is -0.540. The molecule has 178 valence electrons. The number of amides is 4. The van der Waals surface area contributed by atoms with E-state index in [0.29, 0.717) is 13.0 Å². The van der Waals surface area contributed by atoms with E-state index < -0.39 is 17.7 Å². The first-order valence-corrected chi connectivity index (χ1v) is 10.9. The summed E-state index contributed by atoms with van der Waals surface area (Å²) in [7, 11) is 8.49. The van der Waals surface area contributed by atoms with Crippen molar-refractivity contribution in [2.24, 2.45) is 0 Å². The monoisotopic (exact) mass is 451 g/mol. The lowest BCUT2D eigenvalue weighted by Gasteiger charge is -2.22. The number of carbonyl (C=O) groups is 4. The first-order chi connectivity index (χ1) is 13.7. The van der Waals surface area contributed by atoms with Gasteiger partial charge in [0.05, 0.1) is 6.54 Å². The van der Waals surface area contributed by atoms with E-state index in [2.05, 4.69) is 21.3 Å². The van der Waals surface area contributed by atoms with Gasteiger partial charge in [0.15, 0.2) is 0 Å². The van der Waals surface area contributed by atoms with Crippen LogP contribution in [0.5, 0.6) is 0 Å². The smallest absolute Gasteiger partial charge is 0.408 e. The van der Waals surface area contributed by atoms with Crippen LogP contribution in [0.25, 0.3) is 0 Å². The van der Waals surface area contributed by atoms with Gasteiger partial charge in [-0.05, 0) is 53.3 Å².